The second-order valence-electron chi connectivity index (χ2n) is 5.25. The van der Waals surface area contributed by atoms with Crippen molar-refractivity contribution in [1.29, 1.82) is 0 Å². The van der Waals surface area contributed by atoms with Gasteiger partial charge in [-0.15, -0.1) is 0 Å². The summed E-state index contributed by atoms with van der Waals surface area (Å²) in [5, 5.41) is 4.31. The summed E-state index contributed by atoms with van der Waals surface area (Å²) >= 11 is 6.30. The van der Waals surface area contributed by atoms with E-state index in [2.05, 4.69) is 36.5 Å². The van der Waals surface area contributed by atoms with Gasteiger partial charge in [-0.05, 0) is 41.6 Å². The molecule has 19 heavy (non-hydrogen) atoms. The molecule has 1 N–H and O–H groups in total. The number of hydrogen-bond donors (Lipinski definition) is 1. The van der Waals surface area contributed by atoms with E-state index in [4.69, 9.17) is 11.6 Å². The molecular weight excluding hydrogens is 254 g/mol. The van der Waals surface area contributed by atoms with Gasteiger partial charge in [-0.25, -0.2) is 0 Å². The van der Waals surface area contributed by atoms with E-state index in [1.807, 2.05) is 18.2 Å². The van der Waals surface area contributed by atoms with Crippen LogP contribution in [0.4, 0.5) is 0 Å². The molecule has 0 aliphatic carbocycles. The predicted molar refractivity (Wildman–Crippen MR) is 81.9 cm³/mol. The SMILES string of the molecule is C[C@H]1CNCCc2ccc(-c3ccccc3Cl)cc21. The van der Waals surface area contributed by atoms with E-state index in [-0.39, 0.29) is 0 Å². The fourth-order valence-electron chi connectivity index (χ4n) is 2.80. The first-order valence-corrected chi connectivity index (χ1v) is 7.22. The van der Waals surface area contributed by atoms with Crippen LogP contribution in [0.2, 0.25) is 5.02 Å². The van der Waals surface area contributed by atoms with Crippen LogP contribution in [-0.2, 0) is 6.42 Å². The molecule has 0 amide bonds. The third kappa shape index (κ3) is 2.54. The molecule has 0 radical (unpaired) electrons. The Morgan fingerprint density at radius 2 is 2.00 bits per heavy atom. The van der Waals surface area contributed by atoms with Gasteiger partial charge in [-0.3, -0.25) is 0 Å². The molecule has 1 aliphatic rings. The molecule has 0 fully saturated rings. The van der Waals surface area contributed by atoms with Crippen LogP contribution in [-0.4, -0.2) is 13.1 Å². The molecule has 0 aromatic heterocycles. The fraction of sp³-hybridized carbons (Fsp3) is 0.294. The van der Waals surface area contributed by atoms with E-state index in [0.717, 1.165) is 30.1 Å². The number of benzene rings is 2. The molecule has 0 unspecified atom stereocenters. The van der Waals surface area contributed by atoms with Crippen molar-refractivity contribution in [2.75, 3.05) is 13.1 Å². The van der Waals surface area contributed by atoms with Gasteiger partial charge in [0.1, 0.15) is 0 Å². The summed E-state index contributed by atoms with van der Waals surface area (Å²) in [5.41, 5.74) is 5.27. The van der Waals surface area contributed by atoms with Crippen LogP contribution in [0.1, 0.15) is 24.0 Å². The van der Waals surface area contributed by atoms with Gasteiger partial charge < -0.3 is 5.32 Å². The minimum Gasteiger partial charge on any atom is -0.316 e. The van der Waals surface area contributed by atoms with E-state index in [9.17, 15) is 0 Å². The summed E-state index contributed by atoms with van der Waals surface area (Å²) in [6, 6.07) is 14.8. The minimum absolute atomic E-state index is 0.555. The number of halogens is 1. The highest BCUT2D eigenvalue weighted by Crippen LogP contribution is 2.32. The lowest BCUT2D eigenvalue weighted by Gasteiger charge is -2.14. The van der Waals surface area contributed by atoms with E-state index in [1.165, 1.54) is 16.7 Å². The lowest BCUT2D eigenvalue weighted by Crippen LogP contribution is -2.18. The standard InChI is InChI=1S/C17H18ClN/c1-12-11-19-9-8-13-6-7-14(10-16(12)13)15-4-2-3-5-17(15)18/h2-7,10,12,19H,8-9,11H2,1H3/t12-/m0/s1. The Hall–Kier alpha value is -1.31. The summed E-state index contributed by atoms with van der Waals surface area (Å²) in [4.78, 5) is 0. The average molecular weight is 272 g/mol. The number of fused-ring (bicyclic) bond motifs is 1. The first kappa shape index (κ1) is 12.7. The Morgan fingerprint density at radius 3 is 2.84 bits per heavy atom. The maximum Gasteiger partial charge on any atom is 0.0484 e. The zero-order chi connectivity index (χ0) is 13.2. The van der Waals surface area contributed by atoms with E-state index in [1.54, 1.807) is 0 Å². The van der Waals surface area contributed by atoms with Crippen LogP contribution in [0.15, 0.2) is 42.5 Å². The molecule has 1 aliphatic heterocycles. The van der Waals surface area contributed by atoms with Crippen molar-refractivity contribution >= 4 is 11.6 Å². The molecule has 0 spiro atoms. The van der Waals surface area contributed by atoms with Crippen LogP contribution < -0.4 is 5.32 Å². The van der Waals surface area contributed by atoms with Crippen molar-refractivity contribution in [2.24, 2.45) is 0 Å². The van der Waals surface area contributed by atoms with Gasteiger partial charge in [-0.1, -0.05) is 54.9 Å². The van der Waals surface area contributed by atoms with Crippen LogP contribution in [0, 0.1) is 0 Å². The molecule has 2 aromatic carbocycles. The third-order valence-electron chi connectivity index (χ3n) is 3.88. The molecule has 1 atom stereocenters. The summed E-state index contributed by atoms with van der Waals surface area (Å²) in [6.45, 7) is 4.41. The second kappa shape index (κ2) is 5.36. The average Bonchev–Trinajstić information content (AvgIpc) is 2.61. The normalized spacial score (nSPS) is 18.7. The van der Waals surface area contributed by atoms with Gasteiger partial charge in [0.15, 0.2) is 0 Å². The van der Waals surface area contributed by atoms with Crippen molar-refractivity contribution in [3.63, 3.8) is 0 Å². The van der Waals surface area contributed by atoms with Crippen LogP contribution in [0.5, 0.6) is 0 Å². The summed E-state index contributed by atoms with van der Waals surface area (Å²) in [6.07, 6.45) is 1.11. The molecule has 1 heterocycles. The molecule has 3 rings (SSSR count). The topological polar surface area (TPSA) is 12.0 Å². The molecular formula is C17H18ClN. The molecule has 0 saturated heterocycles. The van der Waals surface area contributed by atoms with E-state index >= 15 is 0 Å². The van der Waals surface area contributed by atoms with Crippen molar-refractivity contribution in [3.05, 3.63) is 58.6 Å². The fourth-order valence-corrected chi connectivity index (χ4v) is 3.04. The van der Waals surface area contributed by atoms with Crippen molar-refractivity contribution in [2.45, 2.75) is 19.3 Å². The smallest absolute Gasteiger partial charge is 0.0484 e. The lowest BCUT2D eigenvalue weighted by atomic mass is 9.91. The first-order chi connectivity index (χ1) is 9.25. The molecule has 98 valence electrons. The maximum absolute atomic E-state index is 6.30. The highest BCUT2D eigenvalue weighted by molar-refractivity contribution is 6.33. The van der Waals surface area contributed by atoms with E-state index in [0.29, 0.717) is 5.92 Å². The number of hydrogen-bond acceptors (Lipinski definition) is 1. The van der Waals surface area contributed by atoms with E-state index < -0.39 is 0 Å². The van der Waals surface area contributed by atoms with Gasteiger partial charge >= 0.3 is 0 Å². The molecule has 1 nitrogen and oxygen atoms in total. The Labute approximate surface area is 119 Å². The quantitative estimate of drug-likeness (QED) is 0.817. The Kier molecular flexibility index (Phi) is 3.58. The molecule has 0 bridgehead atoms. The van der Waals surface area contributed by atoms with Crippen molar-refractivity contribution < 1.29 is 0 Å². The Bertz CT molecular complexity index is 592. The third-order valence-corrected chi connectivity index (χ3v) is 4.21. The number of nitrogens with one attached hydrogen (secondary N) is 1. The lowest BCUT2D eigenvalue weighted by molar-refractivity contribution is 0.644. The van der Waals surface area contributed by atoms with Gasteiger partial charge in [0.25, 0.3) is 0 Å². The first-order valence-electron chi connectivity index (χ1n) is 6.84. The van der Waals surface area contributed by atoms with Gasteiger partial charge in [0, 0.05) is 17.1 Å². The summed E-state index contributed by atoms with van der Waals surface area (Å²) < 4.78 is 0. The van der Waals surface area contributed by atoms with Crippen LogP contribution >= 0.6 is 11.6 Å². The number of rotatable bonds is 1. The maximum atomic E-state index is 6.30. The van der Waals surface area contributed by atoms with Crippen LogP contribution in [0.3, 0.4) is 0 Å². The second-order valence-corrected chi connectivity index (χ2v) is 5.66. The Morgan fingerprint density at radius 1 is 1.16 bits per heavy atom. The van der Waals surface area contributed by atoms with Crippen molar-refractivity contribution in [1.82, 2.24) is 5.32 Å². The zero-order valence-corrected chi connectivity index (χ0v) is 11.9. The highest BCUT2D eigenvalue weighted by Gasteiger charge is 2.15. The van der Waals surface area contributed by atoms with Gasteiger partial charge in [0.05, 0.1) is 0 Å². The van der Waals surface area contributed by atoms with Crippen LogP contribution in [0.25, 0.3) is 11.1 Å². The van der Waals surface area contributed by atoms with Gasteiger partial charge in [-0.2, -0.15) is 0 Å². The predicted octanol–water partition coefficient (Wildman–Crippen LogP) is 4.26. The highest BCUT2D eigenvalue weighted by atomic mass is 35.5. The Balaban J connectivity index is 2.08. The van der Waals surface area contributed by atoms with Gasteiger partial charge in [0.2, 0.25) is 0 Å². The summed E-state index contributed by atoms with van der Waals surface area (Å²) in [7, 11) is 0. The molecule has 2 heteroatoms. The largest absolute Gasteiger partial charge is 0.316 e. The summed E-state index contributed by atoms with van der Waals surface area (Å²) in [5.74, 6) is 0.555. The molecule has 2 aromatic rings. The van der Waals surface area contributed by atoms with Crippen molar-refractivity contribution in [3.8, 4) is 11.1 Å². The minimum atomic E-state index is 0.555. The zero-order valence-electron chi connectivity index (χ0n) is 11.1. The molecule has 0 saturated carbocycles. The monoisotopic (exact) mass is 271 g/mol.